The maximum Gasteiger partial charge on any atom is 0.358 e. The molecule has 112 valence electrons. The largest absolute Gasteiger partial charge is 0.464 e. The van der Waals surface area contributed by atoms with Crippen molar-refractivity contribution >= 4 is 5.97 Å². The lowest BCUT2D eigenvalue weighted by Gasteiger charge is -2.25. The van der Waals surface area contributed by atoms with E-state index in [1.807, 2.05) is 6.07 Å². The lowest BCUT2D eigenvalue weighted by atomic mass is 9.91. The zero-order valence-corrected chi connectivity index (χ0v) is 13.1. The molecule has 1 aliphatic carbocycles. The highest BCUT2D eigenvalue weighted by Crippen LogP contribution is 2.32. The van der Waals surface area contributed by atoms with Gasteiger partial charge in [0.15, 0.2) is 5.69 Å². The fraction of sp³-hybridized carbons (Fsp3) is 0.750. The molecule has 0 aliphatic heterocycles. The average Bonchev–Trinajstić information content (AvgIpc) is 2.67. The van der Waals surface area contributed by atoms with E-state index < -0.39 is 0 Å². The maximum atomic E-state index is 11.8. The highest BCUT2D eigenvalue weighted by Gasteiger charge is 2.27. The standard InChI is InChI=1S/C16H26N2O2/c1-16(2,3)14-11-13(15(19)20-4)17-18(14)12-9-7-5-6-8-10-12/h11-12H,5-10H2,1-4H3. The molecule has 1 fully saturated rings. The van der Waals surface area contributed by atoms with Gasteiger partial charge in [0.2, 0.25) is 0 Å². The van der Waals surface area contributed by atoms with Crippen LogP contribution in [0.5, 0.6) is 0 Å². The zero-order valence-electron chi connectivity index (χ0n) is 13.1. The van der Waals surface area contributed by atoms with Crippen molar-refractivity contribution in [1.29, 1.82) is 0 Å². The molecule has 1 heterocycles. The van der Waals surface area contributed by atoms with Gasteiger partial charge in [-0.25, -0.2) is 4.79 Å². The van der Waals surface area contributed by atoms with E-state index in [-0.39, 0.29) is 11.4 Å². The van der Waals surface area contributed by atoms with Crippen molar-refractivity contribution in [3.63, 3.8) is 0 Å². The van der Waals surface area contributed by atoms with Crippen molar-refractivity contribution in [2.45, 2.75) is 70.8 Å². The zero-order chi connectivity index (χ0) is 14.8. The molecule has 0 atom stereocenters. The number of esters is 1. The summed E-state index contributed by atoms with van der Waals surface area (Å²) in [5.41, 5.74) is 1.54. The molecule has 0 aromatic carbocycles. The molecule has 2 rings (SSSR count). The fourth-order valence-electron chi connectivity index (χ4n) is 2.94. The quantitative estimate of drug-likeness (QED) is 0.609. The lowest BCUT2D eigenvalue weighted by molar-refractivity contribution is 0.0592. The van der Waals surface area contributed by atoms with Gasteiger partial charge in [-0.15, -0.1) is 0 Å². The Labute approximate surface area is 121 Å². The molecule has 0 amide bonds. The van der Waals surface area contributed by atoms with Crippen LogP contribution in [0.1, 0.15) is 81.5 Å². The number of aromatic nitrogens is 2. The Balaban J connectivity index is 2.38. The molecule has 0 unspecified atom stereocenters. The predicted octanol–water partition coefficient (Wildman–Crippen LogP) is 3.86. The van der Waals surface area contributed by atoms with Gasteiger partial charge in [0.05, 0.1) is 13.2 Å². The van der Waals surface area contributed by atoms with E-state index in [0.29, 0.717) is 11.7 Å². The van der Waals surface area contributed by atoms with Gasteiger partial charge in [-0.05, 0) is 18.9 Å². The summed E-state index contributed by atoms with van der Waals surface area (Å²) in [6.45, 7) is 6.49. The number of hydrogen-bond donors (Lipinski definition) is 0. The Bertz CT molecular complexity index is 463. The summed E-state index contributed by atoms with van der Waals surface area (Å²) in [7, 11) is 1.41. The van der Waals surface area contributed by atoms with E-state index >= 15 is 0 Å². The van der Waals surface area contributed by atoms with Gasteiger partial charge in [0.1, 0.15) is 0 Å². The summed E-state index contributed by atoms with van der Waals surface area (Å²) in [4.78, 5) is 11.8. The first kappa shape index (κ1) is 15.1. The highest BCUT2D eigenvalue weighted by atomic mass is 16.5. The summed E-state index contributed by atoms with van der Waals surface area (Å²) >= 11 is 0. The highest BCUT2D eigenvalue weighted by molar-refractivity contribution is 5.87. The van der Waals surface area contributed by atoms with E-state index in [0.717, 1.165) is 18.5 Å². The smallest absolute Gasteiger partial charge is 0.358 e. The summed E-state index contributed by atoms with van der Waals surface area (Å²) in [5.74, 6) is -0.345. The molecule has 1 saturated carbocycles. The molecule has 4 nitrogen and oxygen atoms in total. The molecule has 4 heteroatoms. The van der Waals surface area contributed by atoms with Crippen molar-refractivity contribution in [3.8, 4) is 0 Å². The van der Waals surface area contributed by atoms with E-state index in [1.54, 1.807) is 0 Å². The number of hydrogen-bond acceptors (Lipinski definition) is 3. The minimum atomic E-state index is -0.345. The van der Waals surface area contributed by atoms with Crippen LogP contribution in [0.15, 0.2) is 6.07 Å². The first-order valence-electron chi connectivity index (χ1n) is 7.62. The molecule has 1 aromatic rings. The Kier molecular flexibility index (Phi) is 4.51. The van der Waals surface area contributed by atoms with Gasteiger partial charge in [0.25, 0.3) is 0 Å². The van der Waals surface area contributed by atoms with Crippen LogP contribution in [-0.4, -0.2) is 22.9 Å². The van der Waals surface area contributed by atoms with E-state index in [4.69, 9.17) is 4.74 Å². The SMILES string of the molecule is COC(=O)c1cc(C(C)(C)C)n(C2CCCCCC2)n1. The Morgan fingerprint density at radius 3 is 2.35 bits per heavy atom. The van der Waals surface area contributed by atoms with Crippen LogP contribution in [-0.2, 0) is 10.2 Å². The summed E-state index contributed by atoms with van der Waals surface area (Å²) in [6, 6.07) is 2.32. The molecule has 0 N–H and O–H groups in total. The van der Waals surface area contributed by atoms with Crippen LogP contribution in [0.25, 0.3) is 0 Å². The van der Waals surface area contributed by atoms with Crippen molar-refractivity contribution < 1.29 is 9.53 Å². The average molecular weight is 278 g/mol. The minimum absolute atomic E-state index is 0.0222. The molecular weight excluding hydrogens is 252 g/mol. The van der Waals surface area contributed by atoms with E-state index in [2.05, 4.69) is 30.6 Å². The van der Waals surface area contributed by atoms with Crippen molar-refractivity contribution in [2.75, 3.05) is 7.11 Å². The first-order valence-corrected chi connectivity index (χ1v) is 7.62. The topological polar surface area (TPSA) is 44.1 Å². The molecule has 0 saturated heterocycles. The Morgan fingerprint density at radius 1 is 1.25 bits per heavy atom. The van der Waals surface area contributed by atoms with E-state index in [9.17, 15) is 4.79 Å². The molecular formula is C16H26N2O2. The van der Waals surface area contributed by atoms with Gasteiger partial charge in [-0.1, -0.05) is 46.5 Å². The van der Waals surface area contributed by atoms with Crippen LogP contribution in [0.4, 0.5) is 0 Å². The van der Waals surface area contributed by atoms with Crippen molar-refractivity contribution in [1.82, 2.24) is 9.78 Å². The number of carbonyl (C=O) groups is 1. The number of carbonyl (C=O) groups excluding carboxylic acids is 1. The lowest BCUT2D eigenvalue weighted by Crippen LogP contribution is -2.22. The minimum Gasteiger partial charge on any atom is -0.464 e. The first-order chi connectivity index (χ1) is 9.43. The maximum absolute atomic E-state index is 11.8. The number of ether oxygens (including phenoxy) is 1. The predicted molar refractivity (Wildman–Crippen MR) is 79.0 cm³/mol. The molecule has 0 radical (unpaired) electrons. The molecule has 0 bridgehead atoms. The molecule has 20 heavy (non-hydrogen) atoms. The van der Waals surface area contributed by atoms with Crippen LogP contribution in [0.2, 0.25) is 0 Å². The van der Waals surface area contributed by atoms with E-state index in [1.165, 1.54) is 32.8 Å². The summed E-state index contributed by atoms with van der Waals surface area (Å²) in [6.07, 6.45) is 7.44. The van der Waals surface area contributed by atoms with Crippen LogP contribution in [0, 0.1) is 0 Å². The molecule has 0 spiro atoms. The van der Waals surface area contributed by atoms with Crippen LogP contribution in [0.3, 0.4) is 0 Å². The second-order valence-corrected chi connectivity index (χ2v) is 6.75. The van der Waals surface area contributed by atoms with Crippen molar-refractivity contribution in [3.05, 3.63) is 17.5 Å². The second-order valence-electron chi connectivity index (χ2n) is 6.75. The third-order valence-electron chi connectivity index (χ3n) is 4.07. The Hall–Kier alpha value is -1.32. The second kappa shape index (κ2) is 5.98. The fourth-order valence-corrected chi connectivity index (χ4v) is 2.94. The van der Waals surface area contributed by atoms with Crippen LogP contribution < -0.4 is 0 Å². The molecule has 1 aromatic heterocycles. The monoisotopic (exact) mass is 278 g/mol. The summed E-state index contributed by atoms with van der Waals surface area (Å²) in [5, 5.41) is 4.55. The number of methoxy groups -OCH3 is 1. The third kappa shape index (κ3) is 3.22. The van der Waals surface area contributed by atoms with Gasteiger partial charge < -0.3 is 4.74 Å². The van der Waals surface area contributed by atoms with Gasteiger partial charge in [-0.3, -0.25) is 4.68 Å². The van der Waals surface area contributed by atoms with Crippen LogP contribution >= 0.6 is 0 Å². The van der Waals surface area contributed by atoms with Gasteiger partial charge in [0, 0.05) is 11.1 Å². The normalized spacial score (nSPS) is 17.8. The van der Waals surface area contributed by atoms with Crippen molar-refractivity contribution in [2.24, 2.45) is 0 Å². The summed E-state index contributed by atoms with van der Waals surface area (Å²) < 4.78 is 6.91. The Morgan fingerprint density at radius 2 is 1.85 bits per heavy atom. The number of nitrogens with zero attached hydrogens (tertiary/aromatic N) is 2. The number of rotatable bonds is 2. The third-order valence-corrected chi connectivity index (χ3v) is 4.07. The van der Waals surface area contributed by atoms with Gasteiger partial charge in [-0.2, -0.15) is 5.10 Å². The molecule has 1 aliphatic rings. The van der Waals surface area contributed by atoms with Gasteiger partial charge >= 0.3 is 5.97 Å².